The minimum Gasteiger partial charge on any atom is -0.439 e. The van der Waals surface area contributed by atoms with Crippen molar-refractivity contribution in [2.45, 2.75) is 20.3 Å². The average Bonchev–Trinajstić information content (AvgIpc) is 2.44. The van der Waals surface area contributed by atoms with Crippen LogP contribution in [-0.2, 0) is 6.42 Å². The molecular weight excluding hydrogens is 200 g/mol. The van der Waals surface area contributed by atoms with Crippen molar-refractivity contribution >= 4 is 22.8 Å². The highest BCUT2D eigenvalue weighted by Gasteiger charge is 2.08. The van der Waals surface area contributed by atoms with Gasteiger partial charge in [-0.3, -0.25) is 0 Å². The zero-order valence-electron chi connectivity index (χ0n) is 8.12. The number of nitrogens with zero attached hydrogens (tertiary/aromatic N) is 2. The van der Waals surface area contributed by atoms with E-state index in [2.05, 4.69) is 23.8 Å². The van der Waals surface area contributed by atoms with E-state index in [9.17, 15) is 0 Å². The summed E-state index contributed by atoms with van der Waals surface area (Å²) in [4.78, 5) is 8.33. The highest BCUT2D eigenvalue weighted by molar-refractivity contribution is 6.30. The maximum Gasteiger partial charge on any atom is 0.198 e. The SMILES string of the molecule is CC(C)Cc1nc2ncc(Cl)cc2o1. The van der Waals surface area contributed by atoms with Crippen LogP contribution in [0.3, 0.4) is 0 Å². The van der Waals surface area contributed by atoms with Gasteiger partial charge in [-0.2, -0.15) is 4.98 Å². The second-order valence-electron chi connectivity index (χ2n) is 3.68. The third-order valence-corrected chi connectivity index (χ3v) is 2.05. The van der Waals surface area contributed by atoms with E-state index in [1.165, 1.54) is 0 Å². The second kappa shape index (κ2) is 3.58. The lowest BCUT2D eigenvalue weighted by atomic mass is 10.1. The number of halogens is 1. The summed E-state index contributed by atoms with van der Waals surface area (Å²) in [5.74, 6) is 1.25. The van der Waals surface area contributed by atoms with Crippen molar-refractivity contribution in [2.75, 3.05) is 0 Å². The molecule has 0 N–H and O–H groups in total. The molecule has 0 aromatic carbocycles. The van der Waals surface area contributed by atoms with Gasteiger partial charge in [0.25, 0.3) is 0 Å². The third-order valence-electron chi connectivity index (χ3n) is 1.84. The largest absolute Gasteiger partial charge is 0.439 e. The van der Waals surface area contributed by atoms with E-state index >= 15 is 0 Å². The number of pyridine rings is 1. The summed E-state index contributed by atoms with van der Waals surface area (Å²) in [5, 5.41) is 0.574. The van der Waals surface area contributed by atoms with Gasteiger partial charge in [-0.15, -0.1) is 0 Å². The fourth-order valence-electron chi connectivity index (χ4n) is 1.28. The van der Waals surface area contributed by atoms with Gasteiger partial charge in [-0.05, 0) is 5.92 Å². The van der Waals surface area contributed by atoms with Crippen molar-refractivity contribution < 1.29 is 4.42 Å². The Bertz CT molecular complexity index is 450. The molecule has 0 aliphatic carbocycles. The van der Waals surface area contributed by atoms with Crippen LogP contribution in [-0.4, -0.2) is 9.97 Å². The van der Waals surface area contributed by atoms with Gasteiger partial charge >= 0.3 is 0 Å². The third kappa shape index (κ3) is 1.87. The molecule has 0 saturated heterocycles. The Morgan fingerprint density at radius 2 is 2.29 bits per heavy atom. The lowest BCUT2D eigenvalue weighted by Crippen LogP contribution is -1.93. The van der Waals surface area contributed by atoms with E-state index in [4.69, 9.17) is 16.0 Å². The lowest BCUT2D eigenvalue weighted by Gasteiger charge is -1.96. The molecular formula is C10H11ClN2O. The van der Waals surface area contributed by atoms with Crippen molar-refractivity contribution in [3.8, 4) is 0 Å². The summed E-state index contributed by atoms with van der Waals surface area (Å²) in [6.45, 7) is 4.24. The van der Waals surface area contributed by atoms with E-state index in [-0.39, 0.29) is 0 Å². The van der Waals surface area contributed by atoms with E-state index in [0.717, 1.165) is 12.3 Å². The Morgan fingerprint density at radius 3 is 3.00 bits per heavy atom. The first kappa shape index (κ1) is 9.46. The number of aromatic nitrogens is 2. The van der Waals surface area contributed by atoms with Crippen LogP contribution in [0.2, 0.25) is 5.02 Å². The van der Waals surface area contributed by atoms with Crippen LogP contribution in [0.25, 0.3) is 11.2 Å². The molecule has 4 heteroatoms. The van der Waals surface area contributed by atoms with Crippen molar-refractivity contribution in [3.05, 3.63) is 23.2 Å². The summed E-state index contributed by atoms with van der Waals surface area (Å²) >= 11 is 5.78. The van der Waals surface area contributed by atoms with E-state index in [0.29, 0.717) is 22.2 Å². The highest BCUT2D eigenvalue weighted by atomic mass is 35.5. The number of fused-ring (bicyclic) bond motifs is 1. The van der Waals surface area contributed by atoms with Gasteiger partial charge in [0, 0.05) is 18.7 Å². The summed E-state index contributed by atoms with van der Waals surface area (Å²) < 4.78 is 5.50. The first-order valence-electron chi connectivity index (χ1n) is 4.56. The molecule has 0 saturated carbocycles. The highest BCUT2D eigenvalue weighted by Crippen LogP contribution is 2.19. The molecule has 0 unspecified atom stereocenters. The maximum absolute atomic E-state index is 5.78. The Kier molecular flexibility index (Phi) is 2.42. The van der Waals surface area contributed by atoms with Crippen LogP contribution < -0.4 is 0 Å². The zero-order valence-corrected chi connectivity index (χ0v) is 8.88. The summed E-state index contributed by atoms with van der Waals surface area (Å²) in [5.41, 5.74) is 1.29. The molecule has 0 aliphatic rings. The Morgan fingerprint density at radius 1 is 1.50 bits per heavy atom. The number of oxazole rings is 1. The van der Waals surface area contributed by atoms with Crippen molar-refractivity contribution in [1.29, 1.82) is 0 Å². The van der Waals surface area contributed by atoms with Crippen LogP contribution in [0.15, 0.2) is 16.7 Å². The van der Waals surface area contributed by atoms with Gasteiger partial charge in [-0.25, -0.2) is 4.98 Å². The van der Waals surface area contributed by atoms with Gasteiger partial charge < -0.3 is 4.42 Å². The van der Waals surface area contributed by atoms with Crippen LogP contribution in [0.1, 0.15) is 19.7 Å². The fraction of sp³-hybridized carbons (Fsp3) is 0.400. The Balaban J connectivity index is 2.41. The smallest absolute Gasteiger partial charge is 0.198 e. The van der Waals surface area contributed by atoms with E-state index in [1.54, 1.807) is 12.3 Å². The Hall–Kier alpha value is -1.09. The van der Waals surface area contributed by atoms with Crippen LogP contribution in [0, 0.1) is 5.92 Å². The average molecular weight is 211 g/mol. The van der Waals surface area contributed by atoms with Gasteiger partial charge in [0.15, 0.2) is 17.1 Å². The minimum absolute atomic E-state index is 0.526. The van der Waals surface area contributed by atoms with Gasteiger partial charge in [0.05, 0.1) is 5.02 Å². The van der Waals surface area contributed by atoms with Gasteiger partial charge in [0.1, 0.15) is 0 Å². The molecule has 0 bridgehead atoms. The van der Waals surface area contributed by atoms with Crippen molar-refractivity contribution in [1.82, 2.24) is 9.97 Å². The fourth-order valence-corrected chi connectivity index (χ4v) is 1.42. The number of hydrogen-bond acceptors (Lipinski definition) is 3. The normalized spacial score (nSPS) is 11.4. The molecule has 0 radical (unpaired) electrons. The van der Waals surface area contributed by atoms with Crippen LogP contribution >= 0.6 is 11.6 Å². The van der Waals surface area contributed by atoms with E-state index in [1.807, 2.05) is 0 Å². The monoisotopic (exact) mass is 210 g/mol. The molecule has 0 atom stereocenters. The molecule has 14 heavy (non-hydrogen) atoms. The zero-order chi connectivity index (χ0) is 10.1. The Labute approximate surface area is 87.1 Å². The maximum atomic E-state index is 5.78. The van der Waals surface area contributed by atoms with Crippen LogP contribution in [0.5, 0.6) is 0 Å². The molecule has 2 aromatic heterocycles. The molecule has 74 valence electrons. The summed E-state index contributed by atoms with van der Waals surface area (Å²) in [6, 6.07) is 1.74. The summed E-state index contributed by atoms with van der Waals surface area (Å²) in [6.07, 6.45) is 2.40. The van der Waals surface area contributed by atoms with Crippen LogP contribution in [0.4, 0.5) is 0 Å². The molecule has 2 aromatic rings. The molecule has 0 spiro atoms. The first-order valence-corrected chi connectivity index (χ1v) is 4.94. The predicted molar refractivity (Wildman–Crippen MR) is 55.4 cm³/mol. The first-order chi connectivity index (χ1) is 6.65. The topological polar surface area (TPSA) is 38.9 Å². The van der Waals surface area contributed by atoms with Gasteiger partial charge in [0.2, 0.25) is 0 Å². The molecule has 2 rings (SSSR count). The second-order valence-corrected chi connectivity index (χ2v) is 4.12. The standard InChI is InChI=1S/C10H11ClN2O/c1-6(2)3-9-13-10-8(14-9)4-7(11)5-12-10/h4-6H,3H2,1-2H3. The van der Waals surface area contributed by atoms with Gasteiger partial charge in [-0.1, -0.05) is 25.4 Å². The molecule has 3 nitrogen and oxygen atoms in total. The molecule has 0 fully saturated rings. The van der Waals surface area contributed by atoms with E-state index < -0.39 is 0 Å². The summed E-state index contributed by atoms with van der Waals surface area (Å²) in [7, 11) is 0. The molecule has 0 aliphatic heterocycles. The molecule has 2 heterocycles. The van der Waals surface area contributed by atoms with Crippen molar-refractivity contribution in [2.24, 2.45) is 5.92 Å². The lowest BCUT2D eigenvalue weighted by molar-refractivity contribution is 0.482. The minimum atomic E-state index is 0.526. The quantitative estimate of drug-likeness (QED) is 0.765. The number of hydrogen-bond donors (Lipinski definition) is 0. The van der Waals surface area contributed by atoms with Crippen molar-refractivity contribution in [3.63, 3.8) is 0 Å². The predicted octanol–water partition coefficient (Wildman–Crippen LogP) is 3.07. The molecule has 0 amide bonds. The number of rotatable bonds is 2.